The molecule has 0 aliphatic carbocycles. The highest BCUT2D eigenvalue weighted by atomic mass is 16.3. The van der Waals surface area contributed by atoms with Crippen molar-refractivity contribution in [2.24, 2.45) is 0 Å². The van der Waals surface area contributed by atoms with Gasteiger partial charge >= 0.3 is 0 Å². The summed E-state index contributed by atoms with van der Waals surface area (Å²) in [5.74, 6) is 0.148. The number of phenolic OH excluding ortho intramolecular Hbond substituents is 1. The Balaban J connectivity index is 2.44. The van der Waals surface area contributed by atoms with E-state index in [2.05, 4.69) is 0 Å². The Kier molecular flexibility index (Phi) is 3.24. The molecule has 1 atom stereocenters. The van der Waals surface area contributed by atoms with Crippen LogP contribution in [0, 0.1) is 0 Å². The number of aldehydes is 1. The van der Waals surface area contributed by atoms with Crippen molar-refractivity contribution in [2.75, 3.05) is 0 Å². The molecule has 2 aromatic rings. The molecule has 0 heterocycles. The van der Waals surface area contributed by atoms with Gasteiger partial charge in [0.05, 0.1) is 5.56 Å². The van der Waals surface area contributed by atoms with Crippen molar-refractivity contribution in [1.29, 1.82) is 0 Å². The lowest BCUT2D eigenvalue weighted by atomic mass is 9.91. The maximum atomic E-state index is 10.8. The third-order valence-corrected chi connectivity index (χ3v) is 2.99. The van der Waals surface area contributed by atoms with Crippen molar-refractivity contribution in [3.63, 3.8) is 0 Å². The van der Waals surface area contributed by atoms with E-state index in [1.807, 2.05) is 43.3 Å². The quantitative estimate of drug-likeness (QED) is 0.815. The first-order valence-electron chi connectivity index (χ1n) is 5.56. The number of phenols is 1. The summed E-state index contributed by atoms with van der Waals surface area (Å²) in [5.41, 5.74) is 2.23. The van der Waals surface area contributed by atoms with Crippen LogP contribution in [0.15, 0.2) is 48.5 Å². The second-order valence-corrected chi connectivity index (χ2v) is 4.04. The second-order valence-electron chi connectivity index (χ2n) is 4.04. The first-order chi connectivity index (χ1) is 8.24. The van der Waals surface area contributed by atoms with Gasteiger partial charge in [-0.1, -0.05) is 49.4 Å². The predicted molar refractivity (Wildman–Crippen MR) is 67.5 cm³/mol. The molecule has 0 aliphatic heterocycles. The van der Waals surface area contributed by atoms with Gasteiger partial charge in [0, 0.05) is 11.5 Å². The fourth-order valence-corrected chi connectivity index (χ4v) is 1.95. The number of carbonyl (C=O) groups excluding carboxylic acids is 1. The van der Waals surface area contributed by atoms with Crippen LogP contribution in [0.2, 0.25) is 0 Å². The highest BCUT2D eigenvalue weighted by Gasteiger charge is 2.14. The fraction of sp³-hybridized carbons (Fsp3) is 0.133. The van der Waals surface area contributed by atoms with Gasteiger partial charge in [0.15, 0.2) is 6.29 Å². The summed E-state index contributed by atoms with van der Waals surface area (Å²) in [4.78, 5) is 10.8. The van der Waals surface area contributed by atoms with E-state index in [9.17, 15) is 9.90 Å². The molecule has 2 nitrogen and oxygen atoms in total. The molecule has 0 fully saturated rings. The van der Waals surface area contributed by atoms with Gasteiger partial charge in [-0.25, -0.2) is 0 Å². The zero-order valence-electron chi connectivity index (χ0n) is 9.63. The Hall–Kier alpha value is -2.09. The predicted octanol–water partition coefficient (Wildman–Crippen LogP) is 3.36. The summed E-state index contributed by atoms with van der Waals surface area (Å²) in [6.45, 7) is 2.01. The number of hydrogen-bond donors (Lipinski definition) is 1. The number of para-hydroxylation sites is 1. The fourth-order valence-electron chi connectivity index (χ4n) is 1.95. The minimum atomic E-state index is 0.0658. The van der Waals surface area contributed by atoms with Crippen LogP contribution in [0.3, 0.4) is 0 Å². The van der Waals surface area contributed by atoms with Gasteiger partial charge < -0.3 is 5.11 Å². The van der Waals surface area contributed by atoms with Crippen molar-refractivity contribution in [3.8, 4) is 5.75 Å². The van der Waals surface area contributed by atoms with Gasteiger partial charge in [0.1, 0.15) is 5.75 Å². The van der Waals surface area contributed by atoms with Gasteiger partial charge in [0.25, 0.3) is 0 Å². The Morgan fingerprint density at radius 3 is 2.41 bits per heavy atom. The van der Waals surface area contributed by atoms with Gasteiger partial charge in [-0.2, -0.15) is 0 Å². The summed E-state index contributed by atoms with van der Waals surface area (Å²) in [6, 6.07) is 15.2. The molecule has 2 aromatic carbocycles. The van der Waals surface area contributed by atoms with Gasteiger partial charge in [0.2, 0.25) is 0 Å². The Morgan fingerprint density at radius 2 is 1.76 bits per heavy atom. The molecule has 0 aliphatic rings. The van der Waals surface area contributed by atoms with Gasteiger partial charge in [-0.05, 0) is 11.6 Å². The van der Waals surface area contributed by atoms with Crippen LogP contribution in [0.4, 0.5) is 0 Å². The molecule has 0 amide bonds. The summed E-state index contributed by atoms with van der Waals surface area (Å²) in [5, 5.41) is 9.99. The first-order valence-corrected chi connectivity index (χ1v) is 5.56. The number of carbonyl (C=O) groups is 1. The minimum absolute atomic E-state index is 0.0658. The Morgan fingerprint density at radius 1 is 1.06 bits per heavy atom. The van der Waals surface area contributed by atoms with E-state index in [0.29, 0.717) is 11.8 Å². The van der Waals surface area contributed by atoms with Gasteiger partial charge in [-0.3, -0.25) is 4.79 Å². The minimum Gasteiger partial charge on any atom is -0.507 e. The highest BCUT2D eigenvalue weighted by Crippen LogP contribution is 2.32. The third kappa shape index (κ3) is 2.21. The lowest BCUT2D eigenvalue weighted by Crippen LogP contribution is -1.98. The summed E-state index contributed by atoms with van der Waals surface area (Å²) >= 11 is 0. The molecule has 1 N–H and O–H groups in total. The van der Waals surface area contributed by atoms with Crippen LogP contribution < -0.4 is 0 Å². The van der Waals surface area contributed by atoms with Crippen LogP contribution in [0.5, 0.6) is 5.75 Å². The molecular formula is C15H14O2. The summed E-state index contributed by atoms with van der Waals surface area (Å²) in [6.07, 6.45) is 0.677. The number of hydrogen-bond acceptors (Lipinski definition) is 2. The van der Waals surface area contributed by atoms with Crippen molar-refractivity contribution in [1.82, 2.24) is 0 Å². The zero-order chi connectivity index (χ0) is 12.3. The van der Waals surface area contributed by atoms with Crippen LogP contribution in [-0.4, -0.2) is 11.4 Å². The lowest BCUT2D eigenvalue weighted by Gasteiger charge is -2.14. The van der Waals surface area contributed by atoms with E-state index < -0.39 is 0 Å². The number of rotatable bonds is 3. The van der Waals surface area contributed by atoms with Crippen molar-refractivity contribution in [3.05, 3.63) is 65.2 Å². The normalized spacial score (nSPS) is 12.1. The molecule has 0 saturated heterocycles. The van der Waals surface area contributed by atoms with E-state index in [1.165, 1.54) is 0 Å². The highest BCUT2D eigenvalue weighted by molar-refractivity contribution is 5.80. The van der Waals surface area contributed by atoms with Crippen molar-refractivity contribution >= 4 is 6.29 Å². The van der Waals surface area contributed by atoms with E-state index in [0.717, 1.165) is 11.1 Å². The smallest absolute Gasteiger partial charge is 0.153 e. The molecule has 2 rings (SSSR count). The van der Waals surface area contributed by atoms with Crippen molar-refractivity contribution < 1.29 is 9.90 Å². The Bertz CT molecular complexity index is 518. The molecule has 86 valence electrons. The molecule has 0 aromatic heterocycles. The van der Waals surface area contributed by atoms with Crippen LogP contribution in [-0.2, 0) is 0 Å². The van der Waals surface area contributed by atoms with E-state index in [1.54, 1.807) is 12.1 Å². The molecule has 0 radical (unpaired) electrons. The molecule has 0 saturated carbocycles. The number of aromatic hydroxyl groups is 1. The molecule has 1 unspecified atom stereocenters. The average Bonchev–Trinajstić information content (AvgIpc) is 2.39. The molecule has 0 spiro atoms. The SMILES string of the molecule is CC(c1ccccc1)c1cccc(C=O)c1O. The zero-order valence-corrected chi connectivity index (χ0v) is 9.63. The van der Waals surface area contributed by atoms with Crippen LogP contribution >= 0.6 is 0 Å². The topological polar surface area (TPSA) is 37.3 Å². The lowest BCUT2D eigenvalue weighted by molar-refractivity contribution is 0.112. The van der Waals surface area contributed by atoms with Gasteiger partial charge in [-0.15, -0.1) is 0 Å². The second kappa shape index (κ2) is 4.83. The maximum Gasteiger partial charge on any atom is 0.153 e. The van der Waals surface area contributed by atoms with E-state index >= 15 is 0 Å². The largest absolute Gasteiger partial charge is 0.507 e. The third-order valence-electron chi connectivity index (χ3n) is 2.99. The van der Waals surface area contributed by atoms with E-state index in [4.69, 9.17) is 0 Å². The van der Waals surface area contributed by atoms with Crippen LogP contribution in [0.25, 0.3) is 0 Å². The number of benzene rings is 2. The monoisotopic (exact) mass is 226 g/mol. The van der Waals surface area contributed by atoms with E-state index in [-0.39, 0.29) is 11.7 Å². The molecule has 0 bridgehead atoms. The maximum absolute atomic E-state index is 10.8. The van der Waals surface area contributed by atoms with Crippen molar-refractivity contribution in [2.45, 2.75) is 12.8 Å². The first kappa shape index (κ1) is 11.4. The average molecular weight is 226 g/mol. The molecule has 2 heteroatoms. The summed E-state index contributed by atoms with van der Waals surface area (Å²) < 4.78 is 0. The Labute approximate surface area is 101 Å². The van der Waals surface area contributed by atoms with Crippen LogP contribution in [0.1, 0.15) is 34.3 Å². The standard InChI is InChI=1S/C15H14O2/c1-11(12-6-3-2-4-7-12)14-9-5-8-13(10-16)15(14)17/h2-11,17H,1H3. The molecule has 17 heavy (non-hydrogen) atoms. The summed E-state index contributed by atoms with van der Waals surface area (Å²) in [7, 11) is 0. The molecular weight excluding hydrogens is 212 g/mol.